The van der Waals surface area contributed by atoms with E-state index in [0.717, 1.165) is 4.88 Å². The number of rotatable bonds is 6. The van der Waals surface area contributed by atoms with E-state index in [1.165, 1.54) is 0 Å². The normalized spacial score (nSPS) is 17.3. The quantitative estimate of drug-likeness (QED) is 0.792. The summed E-state index contributed by atoms with van der Waals surface area (Å²) in [6.45, 7) is 3.12. The van der Waals surface area contributed by atoms with Crippen molar-refractivity contribution in [1.29, 1.82) is 0 Å². The summed E-state index contributed by atoms with van der Waals surface area (Å²) < 4.78 is 11.1. The monoisotopic (exact) mass is 247 g/mol. The van der Waals surface area contributed by atoms with Crippen molar-refractivity contribution in [3.8, 4) is 0 Å². The van der Waals surface area contributed by atoms with Crippen LogP contribution in [0.1, 0.15) is 17.9 Å². The molecule has 0 radical (unpaired) electrons. The Balaban J connectivity index is 2.23. The van der Waals surface area contributed by atoms with Gasteiger partial charge in [0.2, 0.25) is 0 Å². The topological polar surface area (TPSA) is 49.3 Å². The number of nitrogens with one attached hydrogen (secondary N) is 1. The average Bonchev–Trinajstić information content (AvgIpc) is 2.70. The first-order valence-electron chi connectivity index (χ1n) is 4.85. The highest BCUT2D eigenvalue weighted by molar-refractivity contribution is 7.84. The number of thiophene rings is 1. The zero-order valence-corrected chi connectivity index (χ0v) is 10.6. The van der Waals surface area contributed by atoms with Gasteiger partial charge >= 0.3 is 0 Å². The molecule has 0 fully saturated rings. The largest absolute Gasteiger partial charge is 0.386 e. The second kappa shape index (κ2) is 6.37. The lowest BCUT2D eigenvalue weighted by atomic mass is 10.3. The molecule has 5 heteroatoms. The van der Waals surface area contributed by atoms with E-state index in [0.29, 0.717) is 13.1 Å². The van der Waals surface area contributed by atoms with Crippen LogP contribution in [0.15, 0.2) is 17.5 Å². The summed E-state index contributed by atoms with van der Waals surface area (Å²) in [5.74, 6) is 0. The Bertz CT molecular complexity index is 300. The van der Waals surface area contributed by atoms with Crippen LogP contribution in [0.2, 0.25) is 0 Å². The van der Waals surface area contributed by atoms with Crippen molar-refractivity contribution in [1.82, 2.24) is 5.32 Å². The number of aliphatic hydroxyl groups is 1. The standard InChI is InChI=1S/C10H17NO2S2/c1-8(15(2)13)6-11-7-9(12)10-4-3-5-14-10/h3-5,8-9,11-12H,6-7H2,1-2H3. The number of hydrogen-bond acceptors (Lipinski definition) is 4. The molecular formula is C10H17NO2S2. The van der Waals surface area contributed by atoms with Gasteiger partial charge in [0.1, 0.15) is 6.10 Å². The molecule has 3 unspecified atom stereocenters. The highest BCUT2D eigenvalue weighted by Crippen LogP contribution is 2.17. The molecule has 1 rings (SSSR count). The van der Waals surface area contributed by atoms with Gasteiger partial charge in [-0.25, -0.2) is 0 Å². The van der Waals surface area contributed by atoms with Crippen molar-refractivity contribution >= 4 is 22.1 Å². The van der Waals surface area contributed by atoms with Crippen molar-refractivity contribution in [2.75, 3.05) is 19.3 Å². The van der Waals surface area contributed by atoms with Gasteiger partial charge < -0.3 is 10.4 Å². The fraction of sp³-hybridized carbons (Fsp3) is 0.600. The van der Waals surface area contributed by atoms with E-state index in [2.05, 4.69) is 5.32 Å². The number of hydrogen-bond donors (Lipinski definition) is 2. The summed E-state index contributed by atoms with van der Waals surface area (Å²) >= 11 is 1.55. The minimum Gasteiger partial charge on any atom is -0.386 e. The summed E-state index contributed by atoms with van der Waals surface area (Å²) in [5, 5.41) is 14.9. The molecule has 3 atom stereocenters. The molecule has 0 amide bonds. The Morgan fingerprint density at radius 3 is 2.87 bits per heavy atom. The van der Waals surface area contributed by atoms with Crippen molar-refractivity contribution in [3.63, 3.8) is 0 Å². The van der Waals surface area contributed by atoms with E-state index < -0.39 is 16.9 Å². The lowest BCUT2D eigenvalue weighted by molar-refractivity contribution is 0.179. The van der Waals surface area contributed by atoms with Crippen LogP contribution >= 0.6 is 11.3 Å². The van der Waals surface area contributed by atoms with Gasteiger partial charge in [-0.15, -0.1) is 11.3 Å². The van der Waals surface area contributed by atoms with Crippen molar-refractivity contribution < 1.29 is 9.32 Å². The maximum Gasteiger partial charge on any atom is 0.101 e. The zero-order chi connectivity index (χ0) is 11.3. The zero-order valence-electron chi connectivity index (χ0n) is 8.97. The third kappa shape index (κ3) is 4.42. The Labute approximate surface area is 97.0 Å². The summed E-state index contributed by atoms with van der Waals surface area (Å²) in [4.78, 5) is 0.966. The van der Waals surface area contributed by atoms with Crippen LogP contribution in [0.5, 0.6) is 0 Å². The van der Waals surface area contributed by atoms with Crippen LogP contribution in [-0.2, 0) is 10.8 Å². The molecule has 0 aliphatic carbocycles. The van der Waals surface area contributed by atoms with Crippen LogP contribution in [-0.4, -0.2) is 33.9 Å². The maximum atomic E-state index is 11.1. The van der Waals surface area contributed by atoms with E-state index in [4.69, 9.17) is 0 Å². The minimum absolute atomic E-state index is 0.125. The molecule has 0 aromatic carbocycles. The van der Waals surface area contributed by atoms with Crippen LogP contribution in [0.3, 0.4) is 0 Å². The van der Waals surface area contributed by atoms with Gasteiger partial charge in [0.15, 0.2) is 0 Å². The van der Waals surface area contributed by atoms with Crippen LogP contribution in [0.4, 0.5) is 0 Å². The molecule has 1 aromatic rings. The van der Waals surface area contributed by atoms with Crippen LogP contribution in [0, 0.1) is 0 Å². The molecule has 3 nitrogen and oxygen atoms in total. The van der Waals surface area contributed by atoms with Gasteiger partial charge in [0.05, 0.1) is 0 Å². The van der Waals surface area contributed by atoms with Crippen molar-refractivity contribution in [2.45, 2.75) is 18.3 Å². The highest BCUT2D eigenvalue weighted by atomic mass is 32.2. The molecular weight excluding hydrogens is 230 g/mol. The SMILES string of the molecule is CC(CNCC(O)c1cccs1)S(C)=O. The van der Waals surface area contributed by atoms with Gasteiger partial charge in [-0.3, -0.25) is 4.21 Å². The third-order valence-electron chi connectivity index (χ3n) is 2.21. The molecule has 0 saturated carbocycles. The van der Waals surface area contributed by atoms with Crippen molar-refractivity contribution in [2.24, 2.45) is 0 Å². The van der Waals surface area contributed by atoms with E-state index >= 15 is 0 Å². The molecule has 1 heterocycles. The Kier molecular flexibility index (Phi) is 5.45. The molecule has 15 heavy (non-hydrogen) atoms. The molecule has 86 valence electrons. The number of aliphatic hydroxyl groups excluding tert-OH is 1. The van der Waals surface area contributed by atoms with E-state index in [1.807, 2.05) is 24.4 Å². The molecule has 0 aliphatic rings. The summed E-state index contributed by atoms with van der Waals surface area (Å²) in [5.41, 5.74) is 0. The first-order chi connectivity index (χ1) is 7.11. The average molecular weight is 247 g/mol. The van der Waals surface area contributed by atoms with Gasteiger partial charge in [0, 0.05) is 40.3 Å². The van der Waals surface area contributed by atoms with E-state index in [-0.39, 0.29) is 5.25 Å². The lowest BCUT2D eigenvalue weighted by Crippen LogP contribution is -2.30. The first-order valence-corrected chi connectivity index (χ1v) is 7.35. The van der Waals surface area contributed by atoms with E-state index in [1.54, 1.807) is 17.6 Å². The van der Waals surface area contributed by atoms with Gasteiger partial charge in [-0.2, -0.15) is 0 Å². The Hall–Kier alpha value is -0.230. The second-order valence-electron chi connectivity index (χ2n) is 3.50. The summed E-state index contributed by atoms with van der Waals surface area (Å²) in [6.07, 6.45) is 1.24. The van der Waals surface area contributed by atoms with Gasteiger partial charge in [-0.05, 0) is 18.4 Å². The molecule has 0 saturated heterocycles. The molecule has 2 N–H and O–H groups in total. The molecule has 0 bridgehead atoms. The maximum absolute atomic E-state index is 11.1. The lowest BCUT2D eigenvalue weighted by Gasteiger charge is -2.12. The highest BCUT2D eigenvalue weighted by Gasteiger charge is 2.10. The Morgan fingerprint density at radius 1 is 1.60 bits per heavy atom. The Morgan fingerprint density at radius 2 is 2.33 bits per heavy atom. The molecule has 0 aliphatic heterocycles. The molecule has 0 spiro atoms. The third-order valence-corrected chi connectivity index (χ3v) is 4.48. The second-order valence-corrected chi connectivity index (χ2v) is 6.28. The van der Waals surface area contributed by atoms with Crippen LogP contribution in [0.25, 0.3) is 0 Å². The van der Waals surface area contributed by atoms with Gasteiger partial charge in [-0.1, -0.05) is 6.07 Å². The fourth-order valence-electron chi connectivity index (χ4n) is 1.12. The molecule has 1 aromatic heterocycles. The summed E-state index contributed by atoms with van der Waals surface area (Å²) in [7, 11) is -0.803. The van der Waals surface area contributed by atoms with Crippen molar-refractivity contribution in [3.05, 3.63) is 22.4 Å². The summed E-state index contributed by atoms with van der Waals surface area (Å²) in [6, 6.07) is 3.84. The first kappa shape index (κ1) is 12.8. The van der Waals surface area contributed by atoms with Gasteiger partial charge in [0.25, 0.3) is 0 Å². The predicted molar refractivity (Wildman–Crippen MR) is 65.7 cm³/mol. The smallest absolute Gasteiger partial charge is 0.101 e. The predicted octanol–water partition coefficient (Wildman–Crippen LogP) is 1.14. The van der Waals surface area contributed by atoms with E-state index in [9.17, 15) is 9.32 Å². The minimum atomic E-state index is -0.803. The fourth-order valence-corrected chi connectivity index (χ4v) is 2.19. The van der Waals surface area contributed by atoms with Crippen LogP contribution < -0.4 is 5.32 Å².